The van der Waals surface area contributed by atoms with Gasteiger partial charge in [-0.1, -0.05) is 23.7 Å². The van der Waals surface area contributed by atoms with Gasteiger partial charge in [-0.05, 0) is 31.2 Å². The van der Waals surface area contributed by atoms with Crippen molar-refractivity contribution in [1.29, 1.82) is 0 Å². The van der Waals surface area contributed by atoms with Crippen LogP contribution in [-0.4, -0.2) is 22.1 Å². The molecule has 0 fully saturated rings. The highest BCUT2D eigenvalue weighted by atomic mass is 35.5. The molecule has 0 amide bonds. The van der Waals surface area contributed by atoms with Crippen molar-refractivity contribution in [3.8, 4) is 5.69 Å². The van der Waals surface area contributed by atoms with Gasteiger partial charge in [0.2, 0.25) is 5.43 Å². The smallest absolute Gasteiger partial charge is 0.343 e. The van der Waals surface area contributed by atoms with Gasteiger partial charge in [0.1, 0.15) is 22.2 Å². The van der Waals surface area contributed by atoms with Crippen LogP contribution in [0.2, 0.25) is 5.15 Å². The van der Waals surface area contributed by atoms with Crippen LogP contribution in [0.15, 0.2) is 47.4 Å². The van der Waals surface area contributed by atoms with Crippen LogP contribution < -0.4 is 5.43 Å². The van der Waals surface area contributed by atoms with E-state index >= 15 is 0 Å². The summed E-state index contributed by atoms with van der Waals surface area (Å²) in [4.78, 5) is 28.7. The fourth-order valence-corrected chi connectivity index (χ4v) is 2.51. The summed E-state index contributed by atoms with van der Waals surface area (Å²) >= 11 is 5.91. The van der Waals surface area contributed by atoms with Gasteiger partial charge < -0.3 is 4.74 Å². The van der Waals surface area contributed by atoms with Crippen molar-refractivity contribution >= 4 is 28.6 Å². The number of carbonyl (C=O) groups is 1. The van der Waals surface area contributed by atoms with Gasteiger partial charge in [-0.2, -0.15) is 0 Å². The standard InChI is InChI=1S/C17H12ClFN2O3/c1-2-24-17(23)11-9-21(13-6-4-3-5-12(13)19)16-10(15(11)22)7-8-14(18)20-16/h3-9H,2H2,1H3. The number of pyridine rings is 2. The van der Waals surface area contributed by atoms with Gasteiger partial charge in [0.25, 0.3) is 0 Å². The van der Waals surface area contributed by atoms with Crippen molar-refractivity contribution in [3.63, 3.8) is 0 Å². The van der Waals surface area contributed by atoms with Gasteiger partial charge in [0.05, 0.1) is 17.7 Å². The summed E-state index contributed by atoms with van der Waals surface area (Å²) in [6, 6.07) is 8.84. The average molecular weight is 347 g/mol. The van der Waals surface area contributed by atoms with Gasteiger partial charge in [0.15, 0.2) is 0 Å². The molecule has 0 unspecified atom stereocenters. The van der Waals surface area contributed by atoms with E-state index in [1.165, 1.54) is 41.1 Å². The molecule has 0 bridgehead atoms. The Morgan fingerprint density at radius 1 is 1.29 bits per heavy atom. The summed E-state index contributed by atoms with van der Waals surface area (Å²) < 4.78 is 20.4. The fraction of sp³-hybridized carbons (Fsp3) is 0.118. The van der Waals surface area contributed by atoms with E-state index in [2.05, 4.69) is 4.98 Å². The minimum absolute atomic E-state index is 0.120. The Labute approximate surface area is 141 Å². The number of ether oxygens (including phenoxy) is 1. The van der Waals surface area contributed by atoms with Crippen LogP contribution >= 0.6 is 11.6 Å². The Hall–Kier alpha value is -2.73. The minimum atomic E-state index is -0.774. The van der Waals surface area contributed by atoms with Crippen LogP contribution in [0.4, 0.5) is 4.39 Å². The molecule has 0 radical (unpaired) electrons. The molecule has 5 nitrogen and oxygen atoms in total. The molecule has 0 saturated carbocycles. The molecule has 0 saturated heterocycles. The normalized spacial score (nSPS) is 10.8. The second-order valence-electron chi connectivity index (χ2n) is 4.92. The van der Waals surface area contributed by atoms with E-state index in [-0.39, 0.29) is 34.0 Å². The summed E-state index contributed by atoms with van der Waals surface area (Å²) in [5.41, 5.74) is -0.439. The predicted molar refractivity (Wildman–Crippen MR) is 88.3 cm³/mol. The van der Waals surface area contributed by atoms with Crippen molar-refractivity contribution in [2.75, 3.05) is 6.61 Å². The van der Waals surface area contributed by atoms with Crippen molar-refractivity contribution in [3.05, 3.63) is 69.4 Å². The monoisotopic (exact) mass is 346 g/mol. The Bertz CT molecular complexity index is 1000. The lowest BCUT2D eigenvalue weighted by atomic mass is 10.1. The number of hydrogen-bond donors (Lipinski definition) is 0. The molecule has 122 valence electrons. The highest BCUT2D eigenvalue weighted by molar-refractivity contribution is 6.29. The topological polar surface area (TPSA) is 61.2 Å². The number of para-hydroxylation sites is 1. The molecule has 3 rings (SSSR count). The molecule has 3 aromatic rings. The first kappa shape index (κ1) is 16.1. The number of fused-ring (bicyclic) bond motifs is 1. The van der Waals surface area contributed by atoms with Crippen LogP contribution in [0.1, 0.15) is 17.3 Å². The first-order valence-electron chi connectivity index (χ1n) is 7.17. The Morgan fingerprint density at radius 2 is 2.04 bits per heavy atom. The number of benzene rings is 1. The number of nitrogens with zero attached hydrogens (tertiary/aromatic N) is 2. The zero-order chi connectivity index (χ0) is 17.3. The maximum Gasteiger partial charge on any atom is 0.343 e. The SMILES string of the molecule is CCOC(=O)c1cn(-c2ccccc2F)c2nc(Cl)ccc2c1=O. The lowest BCUT2D eigenvalue weighted by Crippen LogP contribution is -2.21. The Morgan fingerprint density at radius 3 is 2.75 bits per heavy atom. The van der Waals surface area contributed by atoms with Crippen molar-refractivity contribution in [2.24, 2.45) is 0 Å². The summed E-state index contributed by atoms with van der Waals surface area (Å²) in [5, 5.41) is 0.295. The predicted octanol–water partition coefficient (Wildman–Crippen LogP) is 3.35. The maximum atomic E-state index is 14.2. The largest absolute Gasteiger partial charge is 0.462 e. The molecule has 24 heavy (non-hydrogen) atoms. The summed E-state index contributed by atoms with van der Waals surface area (Å²) in [6.07, 6.45) is 1.23. The molecular weight excluding hydrogens is 335 g/mol. The van der Waals surface area contributed by atoms with Gasteiger partial charge in [-0.3, -0.25) is 9.36 Å². The van der Waals surface area contributed by atoms with Crippen LogP contribution in [0.3, 0.4) is 0 Å². The van der Waals surface area contributed by atoms with Crippen LogP contribution in [-0.2, 0) is 4.74 Å². The lowest BCUT2D eigenvalue weighted by molar-refractivity contribution is 0.0524. The highest BCUT2D eigenvalue weighted by Crippen LogP contribution is 2.20. The van der Waals surface area contributed by atoms with Crippen molar-refractivity contribution in [1.82, 2.24) is 9.55 Å². The van der Waals surface area contributed by atoms with Gasteiger partial charge in [-0.25, -0.2) is 14.2 Å². The molecule has 0 aliphatic heterocycles. The van der Waals surface area contributed by atoms with Gasteiger partial charge in [-0.15, -0.1) is 0 Å². The van der Waals surface area contributed by atoms with E-state index in [9.17, 15) is 14.0 Å². The summed E-state index contributed by atoms with van der Waals surface area (Å²) in [6.45, 7) is 1.75. The van der Waals surface area contributed by atoms with E-state index < -0.39 is 17.2 Å². The summed E-state index contributed by atoms with van der Waals surface area (Å²) in [5.74, 6) is -1.30. The molecule has 0 aliphatic rings. The third kappa shape index (κ3) is 2.76. The van der Waals surface area contributed by atoms with Gasteiger partial charge in [0, 0.05) is 6.20 Å². The molecule has 1 aromatic carbocycles. The molecule has 2 aromatic heterocycles. The van der Waals surface area contributed by atoms with Crippen LogP contribution in [0.25, 0.3) is 16.7 Å². The Balaban J connectivity index is 2.40. The van der Waals surface area contributed by atoms with E-state index in [4.69, 9.17) is 16.3 Å². The van der Waals surface area contributed by atoms with Crippen LogP contribution in [0.5, 0.6) is 0 Å². The van der Waals surface area contributed by atoms with E-state index in [1.807, 2.05) is 0 Å². The second-order valence-corrected chi connectivity index (χ2v) is 5.31. The zero-order valence-electron chi connectivity index (χ0n) is 12.6. The highest BCUT2D eigenvalue weighted by Gasteiger charge is 2.19. The maximum absolute atomic E-state index is 14.2. The number of hydrogen-bond acceptors (Lipinski definition) is 4. The van der Waals surface area contributed by atoms with Crippen molar-refractivity contribution < 1.29 is 13.9 Å². The number of aromatic nitrogens is 2. The zero-order valence-corrected chi connectivity index (χ0v) is 13.4. The lowest BCUT2D eigenvalue weighted by Gasteiger charge is -2.13. The first-order valence-corrected chi connectivity index (χ1v) is 7.54. The number of halogens is 2. The molecule has 0 N–H and O–H groups in total. The second kappa shape index (κ2) is 6.41. The van der Waals surface area contributed by atoms with E-state index in [1.54, 1.807) is 13.0 Å². The third-order valence-corrected chi connectivity index (χ3v) is 3.63. The third-order valence-electron chi connectivity index (χ3n) is 3.42. The Kier molecular flexibility index (Phi) is 4.31. The van der Waals surface area contributed by atoms with Crippen molar-refractivity contribution in [2.45, 2.75) is 6.92 Å². The molecule has 7 heteroatoms. The van der Waals surface area contributed by atoms with E-state index in [0.29, 0.717) is 0 Å². The average Bonchev–Trinajstić information content (AvgIpc) is 2.56. The van der Waals surface area contributed by atoms with E-state index in [0.717, 1.165) is 0 Å². The quantitative estimate of drug-likeness (QED) is 0.539. The molecule has 0 atom stereocenters. The van der Waals surface area contributed by atoms with Gasteiger partial charge >= 0.3 is 5.97 Å². The number of carbonyl (C=O) groups excluding carboxylic acids is 1. The number of rotatable bonds is 3. The molecule has 2 heterocycles. The molecular formula is C17H12ClFN2O3. The minimum Gasteiger partial charge on any atom is -0.462 e. The fourth-order valence-electron chi connectivity index (χ4n) is 2.37. The molecule has 0 aliphatic carbocycles. The first-order chi connectivity index (χ1) is 11.5. The number of esters is 1. The summed E-state index contributed by atoms with van der Waals surface area (Å²) in [7, 11) is 0. The van der Waals surface area contributed by atoms with Crippen LogP contribution in [0, 0.1) is 5.82 Å². The molecule has 0 spiro atoms.